The van der Waals surface area contributed by atoms with Gasteiger partial charge < -0.3 is 5.73 Å². The molecular weight excluding hydrogens is 102 g/mol. The monoisotopic (exact) mass is 113 g/mol. The standard InChI is InChI=1S/C5H9N3.H2/c1-3-8-5(6)4-7-2;/h3-4H,1H2,2H3,(H2,6,8);1H. The molecule has 2 N–H and O–H groups in total. The Bertz CT molecular complexity index is 128. The topological polar surface area (TPSA) is 50.7 Å². The van der Waals surface area contributed by atoms with Gasteiger partial charge in [-0.05, 0) is 0 Å². The first-order valence-electron chi connectivity index (χ1n) is 2.17. The highest BCUT2D eigenvalue weighted by Crippen LogP contribution is 1.65. The molecule has 0 spiro atoms. The Morgan fingerprint density at radius 3 is 2.88 bits per heavy atom. The van der Waals surface area contributed by atoms with Crippen molar-refractivity contribution >= 4 is 12.1 Å². The second-order valence-corrected chi connectivity index (χ2v) is 1.12. The summed E-state index contributed by atoms with van der Waals surface area (Å²) in [5, 5.41) is 0. The summed E-state index contributed by atoms with van der Waals surface area (Å²) >= 11 is 0. The molecule has 0 aromatic heterocycles. The molecule has 0 bridgehead atoms. The van der Waals surface area contributed by atoms with E-state index in [0.29, 0.717) is 5.84 Å². The van der Waals surface area contributed by atoms with Crippen LogP contribution in [0.15, 0.2) is 22.8 Å². The summed E-state index contributed by atoms with van der Waals surface area (Å²) in [4.78, 5) is 7.25. The second kappa shape index (κ2) is 4.05. The normalized spacial score (nSPS) is 12.4. The predicted octanol–water partition coefficient (Wildman–Crippen LogP) is 0.434. The van der Waals surface area contributed by atoms with Gasteiger partial charge in [0.05, 0.1) is 6.21 Å². The highest BCUT2D eigenvalue weighted by Gasteiger charge is 1.75. The first kappa shape index (κ1) is 6.88. The van der Waals surface area contributed by atoms with E-state index >= 15 is 0 Å². The fourth-order valence-electron chi connectivity index (χ4n) is 0.271. The maximum absolute atomic E-state index is 5.22. The molecule has 0 fully saturated rings. The van der Waals surface area contributed by atoms with Crippen LogP contribution in [0.2, 0.25) is 0 Å². The maximum atomic E-state index is 5.22. The average Bonchev–Trinajstić information content (AvgIpc) is 1.68. The van der Waals surface area contributed by atoms with Gasteiger partial charge in [0.15, 0.2) is 0 Å². The number of rotatable bonds is 2. The molecule has 0 aliphatic carbocycles. The predicted molar refractivity (Wildman–Crippen MR) is 38.3 cm³/mol. The van der Waals surface area contributed by atoms with E-state index in [1.54, 1.807) is 7.05 Å². The molecule has 0 atom stereocenters. The van der Waals surface area contributed by atoms with Gasteiger partial charge >= 0.3 is 0 Å². The molecular formula is C5H11N3. The summed E-state index contributed by atoms with van der Waals surface area (Å²) in [5.74, 6) is 0.377. The quantitative estimate of drug-likeness (QED) is 0.410. The fourth-order valence-corrected chi connectivity index (χ4v) is 0.271. The minimum absolute atomic E-state index is 0. The van der Waals surface area contributed by atoms with Crippen LogP contribution in [0.5, 0.6) is 0 Å². The van der Waals surface area contributed by atoms with Crippen LogP contribution in [0.4, 0.5) is 0 Å². The van der Waals surface area contributed by atoms with Crippen LogP contribution in [-0.4, -0.2) is 19.1 Å². The minimum atomic E-state index is 0. The minimum Gasteiger partial charge on any atom is -0.382 e. The molecule has 0 rings (SSSR count). The molecule has 0 aromatic carbocycles. The number of hydrogen-bond acceptors (Lipinski definition) is 2. The summed E-state index contributed by atoms with van der Waals surface area (Å²) in [7, 11) is 1.63. The van der Waals surface area contributed by atoms with Gasteiger partial charge in [-0.1, -0.05) is 6.58 Å². The van der Waals surface area contributed by atoms with Crippen molar-refractivity contribution in [1.82, 2.24) is 0 Å². The Morgan fingerprint density at radius 1 is 1.88 bits per heavy atom. The molecule has 0 heterocycles. The third-order valence-corrected chi connectivity index (χ3v) is 0.502. The summed E-state index contributed by atoms with van der Waals surface area (Å²) < 4.78 is 0. The number of nitrogens with zero attached hydrogens (tertiary/aromatic N) is 2. The van der Waals surface area contributed by atoms with Crippen molar-refractivity contribution in [3.05, 3.63) is 12.8 Å². The van der Waals surface area contributed by atoms with Crippen LogP contribution in [-0.2, 0) is 0 Å². The molecule has 0 aromatic rings. The lowest BCUT2D eigenvalue weighted by molar-refractivity contribution is 1.46. The first-order chi connectivity index (χ1) is 3.81. The van der Waals surface area contributed by atoms with Crippen molar-refractivity contribution in [2.75, 3.05) is 7.05 Å². The van der Waals surface area contributed by atoms with Crippen molar-refractivity contribution in [3.8, 4) is 0 Å². The van der Waals surface area contributed by atoms with Gasteiger partial charge in [-0.25, -0.2) is 4.99 Å². The smallest absolute Gasteiger partial charge is 0.141 e. The summed E-state index contributed by atoms with van der Waals surface area (Å²) in [6, 6.07) is 0. The summed E-state index contributed by atoms with van der Waals surface area (Å²) in [6.45, 7) is 3.35. The van der Waals surface area contributed by atoms with E-state index in [4.69, 9.17) is 5.73 Å². The van der Waals surface area contributed by atoms with E-state index in [1.165, 1.54) is 12.4 Å². The Kier molecular flexibility index (Phi) is 3.48. The van der Waals surface area contributed by atoms with Gasteiger partial charge in [0.25, 0.3) is 0 Å². The molecule has 0 unspecified atom stereocenters. The number of nitrogens with two attached hydrogens (primary N) is 1. The van der Waals surface area contributed by atoms with E-state index in [9.17, 15) is 0 Å². The third-order valence-electron chi connectivity index (χ3n) is 0.502. The van der Waals surface area contributed by atoms with Crippen LogP contribution < -0.4 is 5.73 Å². The van der Waals surface area contributed by atoms with Gasteiger partial charge in [-0.3, -0.25) is 4.99 Å². The van der Waals surface area contributed by atoms with Crippen molar-refractivity contribution in [2.24, 2.45) is 15.7 Å². The molecule has 0 saturated carbocycles. The zero-order chi connectivity index (χ0) is 6.41. The van der Waals surface area contributed by atoms with Crippen LogP contribution in [0.3, 0.4) is 0 Å². The molecule has 0 amide bonds. The number of hydrogen-bond donors (Lipinski definition) is 1. The van der Waals surface area contributed by atoms with Crippen LogP contribution >= 0.6 is 0 Å². The molecule has 8 heavy (non-hydrogen) atoms. The van der Waals surface area contributed by atoms with Crippen LogP contribution in [0, 0.1) is 0 Å². The number of aliphatic imine (C=N–C) groups is 2. The van der Waals surface area contributed by atoms with Crippen LogP contribution in [0.1, 0.15) is 1.43 Å². The largest absolute Gasteiger partial charge is 0.382 e. The highest BCUT2D eigenvalue weighted by atomic mass is 14.8. The molecule has 46 valence electrons. The van der Waals surface area contributed by atoms with E-state index in [2.05, 4.69) is 16.6 Å². The summed E-state index contributed by atoms with van der Waals surface area (Å²) in [5.41, 5.74) is 5.22. The lowest BCUT2D eigenvalue weighted by Crippen LogP contribution is -2.11. The lowest BCUT2D eigenvalue weighted by Gasteiger charge is -1.82. The molecule has 0 radical (unpaired) electrons. The average molecular weight is 113 g/mol. The molecule has 0 aliphatic rings. The Balaban J connectivity index is 0. The number of amidine groups is 1. The van der Waals surface area contributed by atoms with Crippen molar-refractivity contribution in [2.45, 2.75) is 0 Å². The van der Waals surface area contributed by atoms with Crippen molar-refractivity contribution in [1.29, 1.82) is 0 Å². The second-order valence-electron chi connectivity index (χ2n) is 1.12. The van der Waals surface area contributed by atoms with E-state index in [0.717, 1.165) is 0 Å². The first-order valence-corrected chi connectivity index (χ1v) is 2.17. The van der Waals surface area contributed by atoms with Crippen molar-refractivity contribution in [3.63, 3.8) is 0 Å². The van der Waals surface area contributed by atoms with Crippen LogP contribution in [0.25, 0.3) is 0 Å². The zero-order valence-corrected chi connectivity index (χ0v) is 4.83. The molecule has 0 aliphatic heterocycles. The molecule has 3 nitrogen and oxygen atoms in total. The maximum Gasteiger partial charge on any atom is 0.141 e. The lowest BCUT2D eigenvalue weighted by atomic mass is 10.6. The Labute approximate surface area is 50.1 Å². The van der Waals surface area contributed by atoms with Gasteiger partial charge in [-0.15, -0.1) is 0 Å². The third kappa shape index (κ3) is 3.08. The van der Waals surface area contributed by atoms with E-state index in [1.807, 2.05) is 0 Å². The Morgan fingerprint density at radius 2 is 2.50 bits per heavy atom. The van der Waals surface area contributed by atoms with Gasteiger partial charge in [0.2, 0.25) is 0 Å². The van der Waals surface area contributed by atoms with Gasteiger partial charge in [0.1, 0.15) is 5.84 Å². The summed E-state index contributed by atoms with van der Waals surface area (Å²) in [6.07, 6.45) is 2.83. The van der Waals surface area contributed by atoms with Gasteiger partial charge in [-0.2, -0.15) is 0 Å². The fraction of sp³-hybridized carbons (Fsp3) is 0.200. The Hall–Kier alpha value is -1.12. The van der Waals surface area contributed by atoms with E-state index < -0.39 is 0 Å². The zero-order valence-electron chi connectivity index (χ0n) is 4.83. The van der Waals surface area contributed by atoms with Crippen molar-refractivity contribution < 1.29 is 1.43 Å². The highest BCUT2D eigenvalue weighted by molar-refractivity contribution is 6.28. The SMILES string of the molecule is C=CN=C(N)C=NC.[HH]. The molecule has 3 heteroatoms. The van der Waals surface area contributed by atoms with Gasteiger partial charge in [0, 0.05) is 14.7 Å². The van der Waals surface area contributed by atoms with E-state index in [-0.39, 0.29) is 1.43 Å². The molecule has 0 saturated heterocycles.